The number of alkyl halides is 3. The Bertz CT molecular complexity index is 976. The van der Waals surface area contributed by atoms with Gasteiger partial charge in [0.15, 0.2) is 0 Å². The van der Waals surface area contributed by atoms with Gasteiger partial charge in [-0.05, 0) is 55.5 Å². The third-order valence-corrected chi connectivity index (χ3v) is 6.17. The van der Waals surface area contributed by atoms with Gasteiger partial charge in [0.1, 0.15) is 17.5 Å². The molecule has 1 saturated heterocycles. The first-order chi connectivity index (χ1) is 15.2. The lowest BCUT2D eigenvalue weighted by Gasteiger charge is -2.43. The molecule has 0 bridgehead atoms. The van der Waals surface area contributed by atoms with Crippen LogP contribution < -0.4 is 5.32 Å². The summed E-state index contributed by atoms with van der Waals surface area (Å²) < 4.78 is 51.0. The number of carbonyl (C=O) groups is 2. The summed E-state index contributed by atoms with van der Waals surface area (Å²) >= 11 is 0. The maximum Gasteiger partial charge on any atom is 0.416 e. The van der Waals surface area contributed by atoms with E-state index in [1.165, 1.54) is 23.3 Å². The van der Waals surface area contributed by atoms with Crippen molar-refractivity contribution in [3.8, 4) is 0 Å². The second-order valence-electron chi connectivity index (χ2n) is 8.53. The minimum atomic E-state index is -4.57. The Balaban J connectivity index is 1.64. The number of furan rings is 1. The molecule has 1 spiro atoms. The molecule has 32 heavy (non-hydrogen) atoms. The lowest BCUT2D eigenvalue weighted by molar-refractivity contribution is -0.137. The van der Waals surface area contributed by atoms with Crippen molar-refractivity contribution in [2.45, 2.75) is 57.1 Å². The number of carbonyl (C=O) groups excluding carboxylic acids is 2. The molecule has 1 aliphatic heterocycles. The van der Waals surface area contributed by atoms with Crippen LogP contribution >= 0.6 is 0 Å². The van der Waals surface area contributed by atoms with Crippen LogP contribution in [-0.2, 0) is 22.3 Å². The van der Waals surface area contributed by atoms with Crippen LogP contribution in [0.5, 0.6) is 0 Å². The van der Waals surface area contributed by atoms with Crippen molar-refractivity contribution in [3.63, 3.8) is 0 Å². The molecule has 6 nitrogen and oxygen atoms in total. The molecule has 2 heterocycles. The van der Waals surface area contributed by atoms with Crippen LogP contribution in [-0.4, -0.2) is 35.1 Å². The molecule has 3 unspecified atom stereocenters. The molecule has 0 radical (unpaired) electrons. The molecule has 4 rings (SSSR count). The molecule has 1 N–H and O–H groups in total. The molecule has 2 fully saturated rings. The van der Waals surface area contributed by atoms with Crippen LogP contribution in [0, 0.1) is 5.92 Å². The number of nitrogens with one attached hydrogen (secondary N) is 1. The highest BCUT2D eigenvalue weighted by Gasteiger charge is 2.54. The third kappa shape index (κ3) is 4.39. The zero-order chi connectivity index (χ0) is 22.9. The van der Waals surface area contributed by atoms with Crippen molar-refractivity contribution < 1.29 is 31.9 Å². The van der Waals surface area contributed by atoms with Gasteiger partial charge in [0.25, 0.3) is 5.91 Å². The lowest BCUT2D eigenvalue weighted by Crippen LogP contribution is -2.57. The van der Waals surface area contributed by atoms with Crippen molar-refractivity contribution in [1.82, 2.24) is 10.2 Å². The molecule has 172 valence electrons. The summed E-state index contributed by atoms with van der Waals surface area (Å²) in [4.78, 5) is 27.9. The standard InChI is InChI=1S/C23H25F3N2O4/c1-15-5-3-9-22(12-15)28(21(30)16-6-2-7-17(11-16)23(24,25)26)19(14-32-22)20(29)27-13-18-8-4-10-31-18/h2,4,6-8,10-11,15,19H,3,5,9,12-14H2,1H3,(H,27,29). The van der Waals surface area contributed by atoms with E-state index in [4.69, 9.17) is 9.15 Å². The van der Waals surface area contributed by atoms with Gasteiger partial charge in [-0.2, -0.15) is 13.2 Å². The predicted molar refractivity (Wildman–Crippen MR) is 108 cm³/mol. The fourth-order valence-corrected chi connectivity index (χ4v) is 4.68. The molecule has 2 aliphatic rings. The second-order valence-corrected chi connectivity index (χ2v) is 8.53. The molecule has 1 aliphatic carbocycles. The van der Waals surface area contributed by atoms with E-state index >= 15 is 0 Å². The van der Waals surface area contributed by atoms with Gasteiger partial charge in [-0.3, -0.25) is 14.5 Å². The van der Waals surface area contributed by atoms with Gasteiger partial charge >= 0.3 is 6.18 Å². The van der Waals surface area contributed by atoms with Crippen molar-refractivity contribution >= 4 is 11.8 Å². The number of halogens is 3. The zero-order valence-corrected chi connectivity index (χ0v) is 17.7. The Hall–Kier alpha value is -2.81. The summed E-state index contributed by atoms with van der Waals surface area (Å²) in [5.41, 5.74) is -2.03. The van der Waals surface area contributed by atoms with E-state index in [1.807, 2.05) is 6.92 Å². The van der Waals surface area contributed by atoms with E-state index in [0.717, 1.165) is 25.0 Å². The second kappa shape index (κ2) is 8.61. The highest BCUT2D eigenvalue weighted by Crippen LogP contribution is 2.43. The fraction of sp³-hybridized carbons (Fsp3) is 0.478. The number of hydrogen-bond donors (Lipinski definition) is 1. The molecular weight excluding hydrogens is 425 g/mol. The number of amides is 2. The normalized spacial score (nSPS) is 25.8. The van der Waals surface area contributed by atoms with Crippen LogP contribution in [0.2, 0.25) is 0 Å². The van der Waals surface area contributed by atoms with Crippen LogP contribution in [0.4, 0.5) is 13.2 Å². The number of rotatable bonds is 4. The van der Waals surface area contributed by atoms with E-state index in [-0.39, 0.29) is 24.6 Å². The number of nitrogens with zero attached hydrogens (tertiary/aromatic N) is 1. The maximum atomic E-state index is 13.5. The van der Waals surface area contributed by atoms with Crippen molar-refractivity contribution in [2.24, 2.45) is 5.92 Å². The molecular formula is C23H25F3N2O4. The van der Waals surface area contributed by atoms with Gasteiger partial charge in [-0.25, -0.2) is 0 Å². The molecule has 3 atom stereocenters. The smallest absolute Gasteiger partial charge is 0.416 e. The predicted octanol–water partition coefficient (Wildman–Crippen LogP) is 4.36. The maximum absolute atomic E-state index is 13.5. The zero-order valence-electron chi connectivity index (χ0n) is 17.7. The van der Waals surface area contributed by atoms with Gasteiger partial charge in [-0.1, -0.05) is 19.4 Å². The molecule has 9 heteroatoms. The summed E-state index contributed by atoms with van der Waals surface area (Å²) in [5, 5.41) is 2.75. The van der Waals surface area contributed by atoms with Crippen molar-refractivity contribution in [3.05, 3.63) is 59.5 Å². The van der Waals surface area contributed by atoms with Crippen molar-refractivity contribution in [1.29, 1.82) is 0 Å². The number of hydrogen-bond acceptors (Lipinski definition) is 4. The number of ether oxygens (including phenoxy) is 1. The fourth-order valence-electron chi connectivity index (χ4n) is 4.68. The SMILES string of the molecule is CC1CCCC2(C1)OCC(C(=O)NCc1ccco1)N2C(=O)c1cccc(C(F)(F)F)c1. The van der Waals surface area contributed by atoms with E-state index in [0.29, 0.717) is 18.6 Å². The highest BCUT2D eigenvalue weighted by molar-refractivity contribution is 5.98. The lowest BCUT2D eigenvalue weighted by atomic mass is 9.83. The average molecular weight is 450 g/mol. The van der Waals surface area contributed by atoms with E-state index in [9.17, 15) is 22.8 Å². The van der Waals surface area contributed by atoms with E-state index < -0.39 is 35.3 Å². The van der Waals surface area contributed by atoms with Gasteiger partial charge in [0.05, 0.1) is 25.0 Å². The van der Waals surface area contributed by atoms with Crippen LogP contribution in [0.15, 0.2) is 47.1 Å². The third-order valence-electron chi connectivity index (χ3n) is 6.17. The number of benzene rings is 1. The first-order valence-electron chi connectivity index (χ1n) is 10.6. The Morgan fingerprint density at radius 2 is 2.06 bits per heavy atom. The van der Waals surface area contributed by atoms with Crippen LogP contribution in [0.1, 0.15) is 54.3 Å². The van der Waals surface area contributed by atoms with Gasteiger partial charge in [0, 0.05) is 5.56 Å². The molecule has 1 saturated carbocycles. The molecule has 1 aromatic heterocycles. The Morgan fingerprint density at radius 3 is 2.75 bits per heavy atom. The quantitative estimate of drug-likeness (QED) is 0.751. The Labute approximate surface area is 183 Å². The van der Waals surface area contributed by atoms with Gasteiger partial charge < -0.3 is 14.5 Å². The summed E-state index contributed by atoms with van der Waals surface area (Å²) in [5.74, 6) is -0.266. The topological polar surface area (TPSA) is 71.8 Å². The Morgan fingerprint density at radius 1 is 1.25 bits per heavy atom. The van der Waals surface area contributed by atoms with Crippen LogP contribution in [0.25, 0.3) is 0 Å². The van der Waals surface area contributed by atoms with Gasteiger partial charge in [-0.15, -0.1) is 0 Å². The first kappa shape index (κ1) is 22.4. The summed E-state index contributed by atoms with van der Waals surface area (Å²) in [6.45, 7) is 2.17. The minimum Gasteiger partial charge on any atom is -0.467 e. The van der Waals surface area contributed by atoms with Crippen molar-refractivity contribution in [2.75, 3.05) is 6.61 Å². The van der Waals surface area contributed by atoms with Gasteiger partial charge in [0.2, 0.25) is 5.91 Å². The van der Waals surface area contributed by atoms with Crippen LogP contribution in [0.3, 0.4) is 0 Å². The molecule has 1 aromatic carbocycles. The average Bonchev–Trinajstić information content (AvgIpc) is 3.39. The Kier molecular flexibility index (Phi) is 6.03. The van der Waals surface area contributed by atoms with E-state index in [2.05, 4.69) is 5.32 Å². The monoisotopic (exact) mass is 450 g/mol. The largest absolute Gasteiger partial charge is 0.467 e. The first-order valence-corrected chi connectivity index (χ1v) is 10.6. The highest BCUT2D eigenvalue weighted by atomic mass is 19.4. The minimum absolute atomic E-state index is 0.0125. The summed E-state index contributed by atoms with van der Waals surface area (Å²) in [6.07, 6.45) is -0.263. The summed E-state index contributed by atoms with van der Waals surface area (Å²) in [7, 11) is 0. The van der Waals surface area contributed by atoms with E-state index in [1.54, 1.807) is 12.1 Å². The molecule has 2 aromatic rings. The summed E-state index contributed by atoms with van der Waals surface area (Å²) in [6, 6.07) is 6.76. The molecule has 2 amide bonds.